The van der Waals surface area contributed by atoms with Crippen LogP contribution in [0.4, 0.5) is 14.6 Å². The summed E-state index contributed by atoms with van der Waals surface area (Å²) in [4.78, 5) is 30.7. The average molecular weight is 479 g/mol. The van der Waals surface area contributed by atoms with E-state index in [2.05, 4.69) is 23.7 Å². The van der Waals surface area contributed by atoms with Crippen LogP contribution in [0.5, 0.6) is 0 Å². The third-order valence-electron chi connectivity index (χ3n) is 6.73. The average Bonchev–Trinajstić information content (AvgIpc) is 3.44. The molecule has 4 heterocycles. The summed E-state index contributed by atoms with van der Waals surface area (Å²) in [6, 6.07) is 7.68. The summed E-state index contributed by atoms with van der Waals surface area (Å²) < 4.78 is 29.5. The second-order valence-corrected chi connectivity index (χ2v) is 9.23. The first-order valence-corrected chi connectivity index (χ1v) is 12.0. The molecule has 1 atom stereocenters. The Balaban J connectivity index is 1.72. The third-order valence-corrected chi connectivity index (χ3v) is 6.73. The van der Waals surface area contributed by atoms with Crippen molar-refractivity contribution in [3.05, 3.63) is 65.1 Å². The predicted molar refractivity (Wildman–Crippen MR) is 130 cm³/mol. The maximum Gasteiger partial charge on any atom is 0.283 e. The summed E-state index contributed by atoms with van der Waals surface area (Å²) in [5, 5.41) is 0. The Kier molecular flexibility index (Phi) is 5.86. The van der Waals surface area contributed by atoms with Gasteiger partial charge in [-0.05, 0) is 54.7 Å². The van der Waals surface area contributed by atoms with Gasteiger partial charge in [0, 0.05) is 18.3 Å². The van der Waals surface area contributed by atoms with E-state index in [4.69, 9.17) is 9.98 Å². The lowest BCUT2D eigenvalue weighted by atomic mass is 10.0. The number of guanidine groups is 1. The molecular weight excluding hydrogens is 450 g/mol. The molecule has 0 spiro atoms. The van der Waals surface area contributed by atoms with Crippen molar-refractivity contribution in [1.29, 1.82) is 0 Å². The lowest BCUT2D eigenvalue weighted by Gasteiger charge is -2.34. The molecule has 2 aromatic heterocycles. The monoisotopic (exact) mass is 478 g/mol. The summed E-state index contributed by atoms with van der Waals surface area (Å²) in [5.41, 5.74) is 2.72. The number of aromatic nitrogens is 3. The van der Waals surface area contributed by atoms with Crippen LogP contribution in [0.3, 0.4) is 0 Å². The zero-order chi connectivity index (χ0) is 24.9. The van der Waals surface area contributed by atoms with Crippen LogP contribution in [0.2, 0.25) is 0 Å². The Labute approximate surface area is 203 Å². The topological polar surface area (TPSA) is 66.6 Å². The molecule has 7 nitrogen and oxygen atoms in total. The SMILES string of the molecule is CCc1cc(F)ccc1Cn1c(-c2ccc(F)nc2)nc2c1N1C[C@@H](C(C)C)N=C1N(CC)C2=O. The van der Waals surface area contributed by atoms with E-state index in [1.165, 1.54) is 18.3 Å². The van der Waals surface area contributed by atoms with Crippen molar-refractivity contribution in [2.24, 2.45) is 10.9 Å². The van der Waals surface area contributed by atoms with Crippen LogP contribution < -0.4 is 4.90 Å². The van der Waals surface area contributed by atoms with Gasteiger partial charge in [-0.3, -0.25) is 14.6 Å². The summed E-state index contributed by atoms with van der Waals surface area (Å²) in [6.07, 6.45) is 2.08. The van der Waals surface area contributed by atoms with E-state index in [0.717, 1.165) is 11.1 Å². The molecule has 35 heavy (non-hydrogen) atoms. The molecule has 3 aromatic rings. The quantitative estimate of drug-likeness (QED) is 0.489. The number of hydrogen-bond acceptors (Lipinski definition) is 5. The minimum atomic E-state index is -0.592. The third kappa shape index (κ3) is 3.88. The van der Waals surface area contributed by atoms with Crippen LogP contribution in [-0.4, -0.2) is 50.4 Å². The largest absolute Gasteiger partial charge is 0.305 e. The van der Waals surface area contributed by atoms with Crippen molar-refractivity contribution in [3.8, 4) is 11.4 Å². The van der Waals surface area contributed by atoms with Gasteiger partial charge in [-0.25, -0.2) is 19.4 Å². The van der Waals surface area contributed by atoms with Gasteiger partial charge < -0.3 is 4.57 Å². The van der Waals surface area contributed by atoms with E-state index in [-0.39, 0.29) is 17.8 Å². The van der Waals surface area contributed by atoms with Crippen LogP contribution >= 0.6 is 0 Å². The second kappa shape index (κ2) is 8.87. The number of carbonyl (C=O) groups excluding carboxylic acids is 1. The number of imidazole rings is 1. The summed E-state index contributed by atoms with van der Waals surface area (Å²) in [6.45, 7) is 9.59. The first-order chi connectivity index (χ1) is 16.8. The Hall–Kier alpha value is -3.62. The molecule has 9 heteroatoms. The zero-order valence-electron chi connectivity index (χ0n) is 20.3. The number of rotatable bonds is 6. The minimum Gasteiger partial charge on any atom is -0.305 e. The highest BCUT2D eigenvalue weighted by atomic mass is 19.1. The highest BCUT2D eigenvalue weighted by molar-refractivity contribution is 6.18. The standard InChI is InChI=1S/C26H28F2N6O/c1-5-16-11-19(27)9-7-18(16)13-33-23(17-8-10-21(28)29-12-17)31-22-24(33)34-14-20(15(3)4)30-26(34)32(6-2)25(22)35/h7-12,15,20H,5-6,13-14H2,1-4H3/t20-/m0/s1. The van der Waals surface area contributed by atoms with Crippen LogP contribution in [0, 0.1) is 17.7 Å². The molecule has 5 rings (SSSR count). The Morgan fingerprint density at radius 2 is 1.91 bits per heavy atom. The first-order valence-electron chi connectivity index (χ1n) is 12.0. The van der Waals surface area contributed by atoms with Crippen molar-refractivity contribution in [2.45, 2.75) is 46.7 Å². The molecule has 0 aliphatic carbocycles. The lowest BCUT2D eigenvalue weighted by molar-refractivity contribution is 0.0841. The molecule has 0 N–H and O–H groups in total. The smallest absolute Gasteiger partial charge is 0.283 e. The number of carbonyl (C=O) groups is 1. The van der Waals surface area contributed by atoms with Gasteiger partial charge in [0.2, 0.25) is 11.9 Å². The number of amides is 1. The number of fused-ring (bicyclic) bond motifs is 3. The fraction of sp³-hybridized carbons (Fsp3) is 0.385. The Bertz CT molecular complexity index is 1310. The summed E-state index contributed by atoms with van der Waals surface area (Å²) in [5.74, 6) is 0.996. The first kappa shape index (κ1) is 23.1. The molecular formula is C26H28F2N6O. The fourth-order valence-corrected chi connectivity index (χ4v) is 4.78. The highest BCUT2D eigenvalue weighted by Gasteiger charge is 2.44. The van der Waals surface area contributed by atoms with E-state index in [0.29, 0.717) is 60.8 Å². The number of nitrogens with zero attached hydrogens (tertiary/aromatic N) is 6. The Morgan fingerprint density at radius 3 is 2.57 bits per heavy atom. The Morgan fingerprint density at radius 1 is 1.11 bits per heavy atom. The maximum atomic E-state index is 14.0. The van der Waals surface area contributed by atoms with E-state index in [1.807, 2.05) is 18.4 Å². The van der Waals surface area contributed by atoms with Crippen molar-refractivity contribution in [3.63, 3.8) is 0 Å². The molecule has 0 saturated carbocycles. The van der Waals surface area contributed by atoms with Gasteiger partial charge in [0.1, 0.15) is 17.5 Å². The molecule has 2 aliphatic rings. The molecule has 0 saturated heterocycles. The van der Waals surface area contributed by atoms with E-state index in [1.54, 1.807) is 23.1 Å². The van der Waals surface area contributed by atoms with Gasteiger partial charge in [0.15, 0.2) is 5.69 Å². The maximum absolute atomic E-state index is 14.0. The second-order valence-electron chi connectivity index (χ2n) is 9.23. The van der Waals surface area contributed by atoms with Gasteiger partial charge in [-0.2, -0.15) is 4.39 Å². The molecule has 1 amide bonds. The number of halogens is 2. The van der Waals surface area contributed by atoms with Crippen molar-refractivity contribution < 1.29 is 13.6 Å². The van der Waals surface area contributed by atoms with Gasteiger partial charge in [-0.15, -0.1) is 0 Å². The molecule has 182 valence electrons. The zero-order valence-corrected chi connectivity index (χ0v) is 20.3. The highest BCUT2D eigenvalue weighted by Crippen LogP contribution is 2.37. The summed E-state index contributed by atoms with van der Waals surface area (Å²) in [7, 11) is 0. The molecule has 1 aromatic carbocycles. The van der Waals surface area contributed by atoms with Crippen LogP contribution in [-0.2, 0) is 13.0 Å². The van der Waals surface area contributed by atoms with Crippen molar-refractivity contribution in [2.75, 3.05) is 18.0 Å². The van der Waals surface area contributed by atoms with Crippen molar-refractivity contribution in [1.82, 2.24) is 19.4 Å². The fourth-order valence-electron chi connectivity index (χ4n) is 4.78. The number of pyridine rings is 1. The van der Waals surface area contributed by atoms with Gasteiger partial charge in [0.25, 0.3) is 5.91 Å². The molecule has 0 bridgehead atoms. The number of anilines is 1. The van der Waals surface area contributed by atoms with E-state index >= 15 is 0 Å². The van der Waals surface area contributed by atoms with Gasteiger partial charge in [0.05, 0.1) is 19.1 Å². The number of aliphatic imine (C=N–C) groups is 1. The molecule has 0 fully saturated rings. The van der Waals surface area contributed by atoms with E-state index < -0.39 is 5.95 Å². The molecule has 0 unspecified atom stereocenters. The predicted octanol–water partition coefficient (Wildman–Crippen LogP) is 4.51. The van der Waals surface area contributed by atoms with E-state index in [9.17, 15) is 13.6 Å². The minimum absolute atomic E-state index is 0.0362. The number of hydrogen-bond donors (Lipinski definition) is 0. The number of aryl methyl sites for hydroxylation is 1. The van der Waals surface area contributed by atoms with Crippen LogP contribution in [0.25, 0.3) is 11.4 Å². The molecule has 0 radical (unpaired) electrons. The lowest BCUT2D eigenvalue weighted by Crippen LogP contribution is -2.50. The summed E-state index contributed by atoms with van der Waals surface area (Å²) >= 11 is 0. The molecule has 2 aliphatic heterocycles. The van der Waals surface area contributed by atoms with Crippen LogP contribution in [0.15, 0.2) is 41.5 Å². The number of benzene rings is 1. The normalized spacial score (nSPS) is 17.2. The van der Waals surface area contributed by atoms with Gasteiger partial charge >= 0.3 is 0 Å². The van der Waals surface area contributed by atoms with Crippen LogP contribution in [0.1, 0.15) is 49.3 Å². The van der Waals surface area contributed by atoms with Gasteiger partial charge in [-0.1, -0.05) is 26.8 Å². The van der Waals surface area contributed by atoms with Crippen molar-refractivity contribution >= 4 is 17.7 Å².